The van der Waals surface area contributed by atoms with Gasteiger partial charge >= 0.3 is 6.18 Å². The minimum absolute atomic E-state index is 0.0185. The molecule has 1 aromatic carbocycles. The number of rotatable bonds is 5. The molecule has 1 amide bonds. The maximum Gasteiger partial charge on any atom is 0.433 e. The van der Waals surface area contributed by atoms with Gasteiger partial charge in [0.2, 0.25) is 0 Å². The number of benzene rings is 1. The van der Waals surface area contributed by atoms with Gasteiger partial charge in [0, 0.05) is 24.0 Å². The van der Waals surface area contributed by atoms with E-state index >= 15 is 0 Å². The summed E-state index contributed by atoms with van der Waals surface area (Å²) < 4.78 is 55.5. The molecule has 1 saturated heterocycles. The van der Waals surface area contributed by atoms with Crippen molar-refractivity contribution in [3.8, 4) is 0 Å². The van der Waals surface area contributed by atoms with Crippen LogP contribution in [0, 0.1) is 5.82 Å². The first-order valence-electron chi connectivity index (χ1n) is 10.7. The summed E-state index contributed by atoms with van der Waals surface area (Å²) in [6.07, 6.45) is -3.62. The lowest BCUT2D eigenvalue weighted by Gasteiger charge is -2.36. The van der Waals surface area contributed by atoms with E-state index in [4.69, 9.17) is 0 Å². The fourth-order valence-electron chi connectivity index (χ4n) is 3.91. The van der Waals surface area contributed by atoms with E-state index in [1.807, 2.05) is 4.90 Å². The summed E-state index contributed by atoms with van der Waals surface area (Å²) in [6.45, 7) is 0.755. The Morgan fingerprint density at radius 1 is 1.11 bits per heavy atom. The van der Waals surface area contributed by atoms with Crippen molar-refractivity contribution in [2.24, 2.45) is 0 Å². The first-order valence-corrected chi connectivity index (χ1v) is 10.7. The molecule has 4 aromatic rings. The monoisotopic (exact) mass is 485 g/mol. The zero-order valence-electron chi connectivity index (χ0n) is 18.1. The van der Waals surface area contributed by atoms with Crippen LogP contribution >= 0.6 is 0 Å². The lowest BCUT2D eigenvalue weighted by molar-refractivity contribution is -0.141. The van der Waals surface area contributed by atoms with E-state index in [0.29, 0.717) is 30.0 Å². The topological polar surface area (TPSA) is 83.3 Å². The van der Waals surface area contributed by atoms with Crippen LogP contribution in [0.5, 0.6) is 0 Å². The summed E-state index contributed by atoms with van der Waals surface area (Å²) in [5.41, 5.74) is -0.615. The number of nitrogens with one attached hydrogen (secondary N) is 1. The molecule has 0 atom stereocenters. The van der Waals surface area contributed by atoms with Gasteiger partial charge in [0.15, 0.2) is 0 Å². The molecular formula is C24H19F4N5O2. The average Bonchev–Trinajstić information content (AvgIpc) is 3.16. The van der Waals surface area contributed by atoms with Crippen LogP contribution in [0.4, 0.5) is 29.1 Å². The third kappa shape index (κ3) is 4.54. The predicted molar refractivity (Wildman–Crippen MR) is 121 cm³/mol. The Bertz CT molecular complexity index is 1400. The molecule has 4 heterocycles. The molecule has 1 fully saturated rings. The molecule has 2 N–H and O–H groups in total. The van der Waals surface area contributed by atoms with Crippen LogP contribution in [-0.2, 0) is 12.7 Å². The van der Waals surface area contributed by atoms with Gasteiger partial charge in [-0.15, -0.1) is 0 Å². The summed E-state index contributed by atoms with van der Waals surface area (Å²) in [4.78, 5) is 23.0. The molecule has 0 radical (unpaired) electrons. The number of aliphatic hydroxyl groups excluding tert-OH is 1. The van der Waals surface area contributed by atoms with Crippen molar-refractivity contribution in [1.29, 1.82) is 0 Å². The molecule has 0 unspecified atom stereocenters. The summed E-state index contributed by atoms with van der Waals surface area (Å²) >= 11 is 0. The van der Waals surface area contributed by atoms with Gasteiger partial charge in [-0.3, -0.25) is 4.79 Å². The van der Waals surface area contributed by atoms with Crippen LogP contribution in [0.25, 0.3) is 11.0 Å². The smallest absolute Gasteiger partial charge is 0.389 e. The van der Waals surface area contributed by atoms with Gasteiger partial charge in [-0.25, -0.2) is 14.4 Å². The second-order valence-corrected chi connectivity index (χ2v) is 8.23. The Morgan fingerprint density at radius 2 is 1.89 bits per heavy atom. The number of β-amino-alcohol motifs (C(OH)–C–C–N with tert-alkyl or cyclic N) is 1. The van der Waals surface area contributed by atoms with E-state index in [1.165, 1.54) is 41.1 Å². The predicted octanol–water partition coefficient (Wildman–Crippen LogP) is 4.07. The molecule has 7 nitrogen and oxygen atoms in total. The molecule has 35 heavy (non-hydrogen) atoms. The Kier molecular flexibility index (Phi) is 5.64. The number of halogens is 4. The summed E-state index contributed by atoms with van der Waals surface area (Å²) in [7, 11) is 0. The Labute approximate surface area is 196 Å². The van der Waals surface area contributed by atoms with Crippen molar-refractivity contribution in [2.75, 3.05) is 23.3 Å². The van der Waals surface area contributed by atoms with Gasteiger partial charge in [-0.05, 0) is 36.4 Å². The molecule has 0 spiro atoms. The van der Waals surface area contributed by atoms with Crippen LogP contribution in [0.3, 0.4) is 0 Å². The molecular weight excluding hydrogens is 466 g/mol. The minimum atomic E-state index is -4.68. The number of amides is 1. The highest BCUT2D eigenvalue weighted by molar-refractivity contribution is 6.06. The van der Waals surface area contributed by atoms with Crippen molar-refractivity contribution in [2.45, 2.75) is 18.8 Å². The molecule has 1 aliphatic heterocycles. The number of aliphatic hydroxyl groups is 1. The maximum atomic E-state index is 14.3. The largest absolute Gasteiger partial charge is 0.433 e. The van der Waals surface area contributed by atoms with Crippen LogP contribution in [0.2, 0.25) is 0 Å². The SMILES string of the molecule is O=C(Nc1ccc(N2CC(O)C2)nc1)c1cc2ccc(C(F)(F)F)nc2n1Cc1ccccc1F. The van der Waals surface area contributed by atoms with Crippen LogP contribution < -0.4 is 10.2 Å². The first kappa shape index (κ1) is 22.8. The van der Waals surface area contributed by atoms with Gasteiger partial charge in [0.05, 0.1) is 24.5 Å². The number of pyridine rings is 2. The zero-order chi connectivity index (χ0) is 24.7. The number of carbonyl (C=O) groups excluding carboxylic acids is 1. The molecule has 11 heteroatoms. The summed E-state index contributed by atoms with van der Waals surface area (Å²) in [6, 6.07) is 12.6. The van der Waals surface area contributed by atoms with Crippen LogP contribution in [0.15, 0.2) is 60.8 Å². The van der Waals surface area contributed by atoms with Gasteiger partial charge < -0.3 is 19.9 Å². The highest BCUT2D eigenvalue weighted by Gasteiger charge is 2.33. The van der Waals surface area contributed by atoms with Crippen LogP contribution in [0.1, 0.15) is 21.7 Å². The molecule has 180 valence electrons. The van der Waals surface area contributed by atoms with Gasteiger partial charge in [-0.2, -0.15) is 13.2 Å². The van der Waals surface area contributed by atoms with Gasteiger partial charge in [0.1, 0.15) is 28.7 Å². The van der Waals surface area contributed by atoms with Gasteiger partial charge in [-0.1, -0.05) is 18.2 Å². The van der Waals surface area contributed by atoms with Crippen molar-refractivity contribution in [3.05, 3.63) is 83.6 Å². The molecule has 1 aliphatic rings. The number of hydrogen-bond donors (Lipinski definition) is 2. The van der Waals surface area contributed by atoms with E-state index in [1.54, 1.807) is 18.2 Å². The molecule has 0 bridgehead atoms. The molecule has 3 aromatic heterocycles. The molecule has 0 saturated carbocycles. The highest BCUT2D eigenvalue weighted by Crippen LogP contribution is 2.31. The number of alkyl halides is 3. The van der Waals surface area contributed by atoms with E-state index in [-0.39, 0.29) is 29.6 Å². The molecule has 0 aliphatic carbocycles. The number of carbonyl (C=O) groups is 1. The standard InChI is InChI=1S/C24H19F4N5O2/c25-18-4-2-1-3-15(18)11-33-19(9-14-5-7-20(24(26,27)28)31-22(14)33)23(35)30-16-6-8-21(29-10-16)32-12-17(34)13-32/h1-10,17,34H,11-13H2,(H,30,35). The second-order valence-electron chi connectivity index (χ2n) is 8.23. The fourth-order valence-corrected chi connectivity index (χ4v) is 3.91. The third-order valence-electron chi connectivity index (χ3n) is 5.75. The number of hydrogen-bond acceptors (Lipinski definition) is 5. The van der Waals surface area contributed by atoms with E-state index in [9.17, 15) is 27.5 Å². The zero-order valence-corrected chi connectivity index (χ0v) is 18.1. The van der Waals surface area contributed by atoms with E-state index in [2.05, 4.69) is 15.3 Å². The quantitative estimate of drug-likeness (QED) is 0.417. The van der Waals surface area contributed by atoms with Crippen LogP contribution in [-0.4, -0.2) is 44.7 Å². The second kappa shape index (κ2) is 8.66. The number of anilines is 2. The highest BCUT2D eigenvalue weighted by atomic mass is 19.4. The Morgan fingerprint density at radius 3 is 2.54 bits per heavy atom. The lowest BCUT2D eigenvalue weighted by Crippen LogP contribution is -2.51. The maximum absolute atomic E-state index is 14.3. The number of aromatic nitrogens is 3. The third-order valence-corrected chi connectivity index (χ3v) is 5.75. The summed E-state index contributed by atoms with van der Waals surface area (Å²) in [5.74, 6) is -0.517. The number of nitrogens with zero attached hydrogens (tertiary/aromatic N) is 4. The fraction of sp³-hybridized carbons (Fsp3) is 0.208. The average molecular weight is 485 g/mol. The van der Waals surface area contributed by atoms with Gasteiger partial charge in [0.25, 0.3) is 5.91 Å². The normalized spacial score (nSPS) is 14.3. The first-order chi connectivity index (χ1) is 16.7. The van der Waals surface area contributed by atoms with Crippen molar-refractivity contribution >= 4 is 28.4 Å². The number of fused-ring (bicyclic) bond motifs is 1. The Balaban J connectivity index is 1.49. The minimum Gasteiger partial charge on any atom is -0.389 e. The molecule has 5 rings (SSSR count). The Hall–Kier alpha value is -3.99. The van der Waals surface area contributed by atoms with Crippen molar-refractivity contribution in [3.63, 3.8) is 0 Å². The van der Waals surface area contributed by atoms with Crippen molar-refractivity contribution < 1.29 is 27.5 Å². The van der Waals surface area contributed by atoms with E-state index < -0.39 is 23.6 Å². The van der Waals surface area contributed by atoms with E-state index in [0.717, 1.165) is 6.07 Å². The summed E-state index contributed by atoms with van der Waals surface area (Å²) in [5, 5.41) is 12.4. The lowest BCUT2D eigenvalue weighted by atomic mass is 10.2. The van der Waals surface area contributed by atoms with Crippen molar-refractivity contribution in [1.82, 2.24) is 14.5 Å².